The van der Waals surface area contributed by atoms with Crippen molar-refractivity contribution < 1.29 is 9.84 Å². The van der Waals surface area contributed by atoms with Crippen LogP contribution in [-0.2, 0) is 0 Å². The van der Waals surface area contributed by atoms with Gasteiger partial charge in [-0.25, -0.2) is 0 Å². The molecule has 0 aliphatic carbocycles. The molecule has 0 amide bonds. The molecule has 2 aromatic rings. The maximum Gasteiger partial charge on any atom is 0.124 e. The number of phenols is 1. The lowest BCUT2D eigenvalue weighted by molar-refractivity contribution is 0.335. The Kier molecular flexibility index (Phi) is 4.51. The summed E-state index contributed by atoms with van der Waals surface area (Å²) in [6.45, 7) is 6.59. The number of para-hydroxylation sites is 1. The number of ether oxygens (including phenoxy) is 1. The zero-order chi connectivity index (χ0) is 14.5. The SMILES string of the molecule is CCOc1ccccc1C(C)Nc1ccc(C)c(O)c1. The first-order valence-corrected chi connectivity index (χ1v) is 6.89. The maximum atomic E-state index is 9.76. The third-order valence-corrected chi connectivity index (χ3v) is 3.28. The molecule has 0 aliphatic rings. The summed E-state index contributed by atoms with van der Waals surface area (Å²) in [7, 11) is 0. The molecule has 1 atom stereocenters. The lowest BCUT2D eigenvalue weighted by Gasteiger charge is -2.19. The van der Waals surface area contributed by atoms with Crippen molar-refractivity contribution in [2.45, 2.75) is 26.8 Å². The van der Waals surface area contributed by atoms with Gasteiger partial charge >= 0.3 is 0 Å². The Bertz CT molecular complexity index is 581. The second-order valence-electron chi connectivity index (χ2n) is 4.84. The molecule has 2 N–H and O–H groups in total. The van der Waals surface area contributed by atoms with Crippen molar-refractivity contribution >= 4 is 5.69 Å². The number of anilines is 1. The minimum Gasteiger partial charge on any atom is -0.508 e. The highest BCUT2D eigenvalue weighted by molar-refractivity contribution is 5.53. The van der Waals surface area contributed by atoms with Crippen LogP contribution in [0.15, 0.2) is 42.5 Å². The van der Waals surface area contributed by atoms with Gasteiger partial charge in [0.2, 0.25) is 0 Å². The Hall–Kier alpha value is -2.16. The van der Waals surface area contributed by atoms with E-state index in [2.05, 4.69) is 18.3 Å². The summed E-state index contributed by atoms with van der Waals surface area (Å²) in [6, 6.07) is 13.7. The van der Waals surface area contributed by atoms with Crippen molar-refractivity contribution in [3.8, 4) is 11.5 Å². The van der Waals surface area contributed by atoms with Gasteiger partial charge in [0.1, 0.15) is 11.5 Å². The monoisotopic (exact) mass is 271 g/mol. The predicted molar refractivity (Wildman–Crippen MR) is 82.5 cm³/mol. The second-order valence-corrected chi connectivity index (χ2v) is 4.84. The van der Waals surface area contributed by atoms with Crippen molar-refractivity contribution in [2.24, 2.45) is 0 Å². The normalized spacial score (nSPS) is 11.9. The summed E-state index contributed by atoms with van der Waals surface area (Å²) < 4.78 is 5.65. The van der Waals surface area contributed by atoms with E-state index < -0.39 is 0 Å². The summed E-state index contributed by atoms with van der Waals surface area (Å²) in [5, 5.41) is 13.1. The average Bonchev–Trinajstić information content (AvgIpc) is 2.44. The highest BCUT2D eigenvalue weighted by Crippen LogP contribution is 2.29. The molecule has 0 aromatic heterocycles. The van der Waals surface area contributed by atoms with Crippen molar-refractivity contribution in [3.05, 3.63) is 53.6 Å². The predicted octanol–water partition coefficient (Wildman–Crippen LogP) is 4.27. The van der Waals surface area contributed by atoms with Crippen LogP contribution in [-0.4, -0.2) is 11.7 Å². The Morgan fingerprint density at radius 3 is 2.65 bits per heavy atom. The molecule has 0 saturated heterocycles. The number of phenolic OH excluding ortho intramolecular Hbond substituents is 1. The smallest absolute Gasteiger partial charge is 0.124 e. The van der Waals surface area contributed by atoms with Gasteiger partial charge in [0, 0.05) is 17.3 Å². The van der Waals surface area contributed by atoms with E-state index in [1.165, 1.54) is 0 Å². The Balaban J connectivity index is 2.19. The molecule has 0 bridgehead atoms. The number of hydrogen-bond acceptors (Lipinski definition) is 3. The van der Waals surface area contributed by atoms with Gasteiger partial charge in [-0.05, 0) is 38.5 Å². The Morgan fingerprint density at radius 2 is 1.95 bits per heavy atom. The number of benzene rings is 2. The van der Waals surface area contributed by atoms with Crippen LogP contribution < -0.4 is 10.1 Å². The maximum absolute atomic E-state index is 9.76. The van der Waals surface area contributed by atoms with Crippen LogP contribution in [0.1, 0.15) is 31.0 Å². The van der Waals surface area contributed by atoms with Gasteiger partial charge < -0.3 is 15.2 Å². The van der Waals surface area contributed by atoms with Crippen LogP contribution in [0.2, 0.25) is 0 Å². The van der Waals surface area contributed by atoms with E-state index in [-0.39, 0.29) is 6.04 Å². The Labute approximate surface area is 120 Å². The topological polar surface area (TPSA) is 41.5 Å². The summed E-state index contributed by atoms with van der Waals surface area (Å²) in [5.41, 5.74) is 2.87. The van der Waals surface area contributed by atoms with E-state index in [0.29, 0.717) is 12.4 Å². The average molecular weight is 271 g/mol. The fourth-order valence-electron chi connectivity index (χ4n) is 2.15. The van der Waals surface area contributed by atoms with Crippen LogP contribution in [0.3, 0.4) is 0 Å². The zero-order valence-electron chi connectivity index (χ0n) is 12.2. The molecule has 3 heteroatoms. The molecule has 0 saturated carbocycles. The van der Waals surface area contributed by atoms with Gasteiger partial charge in [0.25, 0.3) is 0 Å². The molecular formula is C17H21NO2. The van der Waals surface area contributed by atoms with Crippen molar-refractivity contribution in [3.63, 3.8) is 0 Å². The first-order chi connectivity index (χ1) is 9.61. The van der Waals surface area contributed by atoms with Crippen molar-refractivity contribution in [1.82, 2.24) is 0 Å². The van der Waals surface area contributed by atoms with Gasteiger partial charge in [0.15, 0.2) is 0 Å². The first kappa shape index (κ1) is 14.3. The molecule has 20 heavy (non-hydrogen) atoms. The number of aromatic hydroxyl groups is 1. The van der Waals surface area contributed by atoms with E-state index in [0.717, 1.165) is 22.6 Å². The van der Waals surface area contributed by atoms with Crippen LogP contribution in [0, 0.1) is 6.92 Å². The van der Waals surface area contributed by atoms with Crippen LogP contribution in [0.4, 0.5) is 5.69 Å². The number of hydrogen-bond donors (Lipinski definition) is 2. The van der Waals surface area contributed by atoms with Crippen LogP contribution >= 0.6 is 0 Å². The number of nitrogens with one attached hydrogen (secondary N) is 1. The molecule has 2 aromatic carbocycles. The third-order valence-electron chi connectivity index (χ3n) is 3.28. The number of aryl methyl sites for hydroxylation is 1. The summed E-state index contributed by atoms with van der Waals surface area (Å²) >= 11 is 0. The minimum atomic E-state index is 0.0971. The third kappa shape index (κ3) is 3.23. The zero-order valence-corrected chi connectivity index (χ0v) is 12.2. The highest BCUT2D eigenvalue weighted by Gasteiger charge is 2.11. The molecular weight excluding hydrogens is 250 g/mol. The largest absolute Gasteiger partial charge is 0.508 e. The van der Waals surface area contributed by atoms with E-state index >= 15 is 0 Å². The van der Waals surface area contributed by atoms with Crippen molar-refractivity contribution in [1.29, 1.82) is 0 Å². The molecule has 0 aliphatic heterocycles. The van der Waals surface area contributed by atoms with Gasteiger partial charge in [-0.3, -0.25) is 0 Å². The Morgan fingerprint density at radius 1 is 1.20 bits per heavy atom. The van der Waals surface area contributed by atoms with Gasteiger partial charge in [-0.15, -0.1) is 0 Å². The fraction of sp³-hybridized carbons (Fsp3) is 0.294. The van der Waals surface area contributed by atoms with Crippen molar-refractivity contribution in [2.75, 3.05) is 11.9 Å². The molecule has 0 spiro atoms. The standard InChI is InChI=1S/C17H21NO2/c1-4-20-17-8-6-5-7-15(17)13(3)18-14-10-9-12(2)16(19)11-14/h5-11,13,18-19H,4H2,1-3H3. The summed E-state index contributed by atoms with van der Waals surface area (Å²) in [6.07, 6.45) is 0. The summed E-state index contributed by atoms with van der Waals surface area (Å²) in [4.78, 5) is 0. The molecule has 0 heterocycles. The first-order valence-electron chi connectivity index (χ1n) is 6.89. The van der Waals surface area contributed by atoms with Gasteiger partial charge in [-0.2, -0.15) is 0 Å². The van der Waals surface area contributed by atoms with Gasteiger partial charge in [-0.1, -0.05) is 24.3 Å². The van der Waals surface area contributed by atoms with E-state index in [4.69, 9.17) is 4.74 Å². The molecule has 0 radical (unpaired) electrons. The van der Waals surface area contributed by atoms with E-state index in [1.807, 2.05) is 44.2 Å². The number of rotatable bonds is 5. The molecule has 2 rings (SSSR count). The molecule has 0 fully saturated rings. The lowest BCUT2D eigenvalue weighted by Crippen LogP contribution is -2.08. The van der Waals surface area contributed by atoms with E-state index in [1.54, 1.807) is 6.07 Å². The lowest BCUT2D eigenvalue weighted by atomic mass is 10.1. The molecule has 1 unspecified atom stereocenters. The minimum absolute atomic E-state index is 0.0971. The van der Waals surface area contributed by atoms with E-state index in [9.17, 15) is 5.11 Å². The van der Waals surface area contributed by atoms with Crippen LogP contribution in [0.25, 0.3) is 0 Å². The highest BCUT2D eigenvalue weighted by atomic mass is 16.5. The van der Waals surface area contributed by atoms with Crippen LogP contribution in [0.5, 0.6) is 11.5 Å². The molecule has 3 nitrogen and oxygen atoms in total. The second kappa shape index (κ2) is 6.33. The molecule has 106 valence electrons. The van der Waals surface area contributed by atoms with Gasteiger partial charge in [0.05, 0.1) is 12.6 Å². The quantitative estimate of drug-likeness (QED) is 0.853. The fourth-order valence-corrected chi connectivity index (χ4v) is 2.15. The summed E-state index contributed by atoms with van der Waals surface area (Å²) in [5.74, 6) is 1.20.